The van der Waals surface area contributed by atoms with Crippen LogP contribution < -0.4 is 14.8 Å². The summed E-state index contributed by atoms with van der Waals surface area (Å²) in [6, 6.07) is 5.65. The topological polar surface area (TPSA) is 73.3 Å². The molecule has 2 aromatic heterocycles. The number of amides is 1. The lowest BCUT2D eigenvalue weighted by atomic mass is 10.2. The second-order valence-corrected chi connectivity index (χ2v) is 7.89. The van der Waals surface area contributed by atoms with Crippen molar-refractivity contribution in [2.45, 2.75) is 26.2 Å². The van der Waals surface area contributed by atoms with E-state index in [0.717, 1.165) is 22.0 Å². The highest BCUT2D eigenvalue weighted by Gasteiger charge is 2.13. The summed E-state index contributed by atoms with van der Waals surface area (Å²) in [5, 5.41) is 8.16. The normalized spacial score (nSPS) is 10.9. The molecule has 8 heteroatoms. The number of ether oxygens (including phenoxy) is 2. The molecule has 0 aliphatic rings. The van der Waals surface area contributed by atoms with Gasteiger partial charge in [-0.2, -0.15) is 0 Å². The van der Waals surface area contributed by atoms with Crippen molar-refractivity contribution in [2.24, 2.45) is 0 Å². The predicted molar refractivity (Wildman–Crippen MR) is 109 cm³/mol. The monoisotopic (exact) mass is 403 g/mol. The van der Waals surface area contributed by atoms with E-state index in [1.807, 2.05) is 29.0 Å². The molecule has 0 bridgehead atoms. The van der Waals surface area contributed by atoms with Gasteiger partial charge in [0, 0.05) is 16.3 Å². The smallest absolute Gasteiger partial charge is 0.232 e. The lowest BCUT2D eigenvalue weighted by Gasteiger charge is -2.08. The van der Waals surface area contributed by atoms with Gasteiger partial charge in [0.2, 0.25) is 5.91 Å². The van der Waals surface area contributed by atoms with Crippen LogP contribution in [0.1, 0.15) is 31.2 Å². The molecule has 142 valence electrons. The van der Waals surface area contributed by atoms with E-state index >= 15 is 0 Å². The van der Waals surface area contributed by atoms with Gasteiger partial charge in [0.25, 0.3) is 0 Å². The van der Waals surface area contributed by atoms with Crippen LogP contribution in [0.2, 0.25) is 0 Å². The largest absolute Gasteiger partial charge is 0.493 e. The molecule has 0 saturated carbocycles. The first-order valence-corrected chi connectivity index (χ1v) is 10.2. The summed E-state index contributed by atoms with van der Waals surface area (Å²) in [5.74, 6) is 1.54. The Bertz CT molecular complexity index is 934. The highest BCUT2D eigenvalue weighted by molar-refractivity contribution is 7.14. The number of carbonyl (C=O) groups is 1. The maximum atomic E-state index is 12.3. The minimum absolute atomic E-state index is 0.121. The molecular formula is C19H21N3O3S2. The number of methoxy groups -OCH3 is 2. The zero-order valence-electron chi connectivity index (χ0n) is 15.6. The lowest BCUT2D eigenvalue weighted by Crippen LogP contribution is -2.14. The van der Waals surface area contributed by atoms with Crippen molar-refractivity contribution < 1.29 is 14.3 Å². The van der Waals surface area contributed by atoms with Crippen LogP contribution in [0.5, 0.6) is 11.5 Å². The molecule has 0 radical (unpaired) electrons. The molecule has 27 heavy (non-hydrogen) atoms. The first-order valence-electron chi connectivity index (χ1n) is 8.42. The SMILES string of the molecule is COc1ccc(-c2nc(CC(=O)Nc3nc(C(C)C)cs3)cs2)cc1OC. The fraction of sp³-hybridized carbons (Fsp3) is 0.316. The number of aromatic nitrogens is 2. The highest BCUT2D eigenvalue weighted by Crippen LogP contribution is 2.33. The summed E-state index contributed by atoms with van der Waals surface area (Å²) in [6.07, 6.45) is 0.209. The third kappa shape index (κ3) is 4.64. The van der Waals surface area contributed by atoms with Crippen molar-refractivity contribution in [1.82, 2.24) is 9.97 Å². The number of benzene rings is 1. The molecule has 2 heterocycles. The molecule has 0 aliphatic heterocycles. The summed E-state index contributed by atoms with van der Waals surface area (Å²) >= 11 is 2.93. The number of anilines is 1. The van der Waals surface area contributed by atoms with Gasteiger partial charge in [-0.25, -0.2) is 9.97 Å². The quantitative estimate of drug-likeness (QED) is 0.625. The van der Waals surface area contributed by atoms with Crippen LogP contribution >= 0.6 is 22.7 Å². The van der Waals surface area contributed by atoms with E-state index in [2.05, 4.69) is 29.1 Å². The van der Waals surface area contributed by atoms with Crippen LogP contribution in [0.15, 0.2) is 29.0 Å². The second-order valence-electron chi connectivity index (χ2n) is 6.17. The molecule has 1 N–H and O–H groups in total. The Balaban J connectivity index is 1.67. The van der Waals surface area contributed by atoms with Crippen molar-refractivity contribution in [2.75, 3.05) is 19.5 Å². The highest BCUT2D eigenvalue weighted by atomic mass is 32.1. The van der Waals surface area contributed by atoms with Gasteiger partial charge in [0.1, 0.15) is 5.01 Å². The van der Waals surface area contributed by atoms with Crippen molar-refractivity contribution in [3.63, 3.8) is 0 Å². The Kier molecular flexibility index (Phi) is 6.08. The molecule has 6 nitrogen and oxygen atoms in total. The minimum atomic E-state index is -0.121. The van der Waals surface area contributed by atoms with Crippen LogP contribution in [0.4, 0.5) is 5.13 Å². The zero-order chi connectivity index (χ0) is 19.4. The van der Waals surface area contributed by atoms with Crippen LogP contribution in [0, 0.1) is 0 Å². The molecule has 1 aromatic carbocycles. The molecule has 1 amide bonds. The van der Waals surface area contributed by atoms with Crippen molar-refractivity contribution in [3.8, 4) is 22.1 Å². The summed E-state index contributed by atoms with van der Waals surface area (Å²) in [5.41, 5.74) is 2.63. The first kappa shape index (κ1) is 19.3. The predicted octanol–water partition coefficient (Wildman–Crippen LogP) is 4.59. The number of hydrogen-bond acceptors (Lipinski definition) is 7. The average molecular weight is 404 g/mol. The van der Waals surface area contributed by atoms with Crippen LogP contribution in [0.25, 0.3) is 10.6 Å². The Labute approximate surface area is 166 Å². The van der Waals surface area contributed by atoms with Crippen molar-refractivity contribution in [1.29, 1.82) is 0 Å². The van der Waals surface area contributed by atoms with E-state index in [9.17, 15) is 4.79 Å². The van der Waals surface area contributed by atoms with E-state index in [4.69, 9.17) is 9.47 Å². The van der Waals surface area contributed by atoms with Gasteiger partial charge >= 0.3 is 0 Å². The second kappa shape index (κ2) is 8.49. The molecule has 0 atom stereocenters. The summed E-state index contributed by atoms with van der Waals surface area (Å²) in [7, 11) is 3.20. The Hall–Kier alpha value is -2.45. The third-order valence-electron chi connectivity index (χ3n) is 3.88. The van der Waals surface area contributed by atoms with Crippen molar-refractivity contribution in [3.05, 3.63) is 40.3 Å². The number of hydrogen-bond donors (Lipinski definition) is 1. The van der Waals surface area contributed by atoms with E-state index in [-0.39, 0.29) is 12.3 Å². The number of carbonyl (C=O) groups excluding carboxylic acids is 1. The maximum Gasteiger partial charge on any atom is 0.232 e. The summed E-state index contributed by atoms with van der Waals surface area (Å²) < 4.78 is 10.6. The molecule has 0 spiro atoms. The molecule has 3 rings (SSSR count). The maximum absolute atomic E-state index is 12.3. The minimum Gasteiger partial charge on any atom is -0.493 e. The molecule has 0 unspecified atom stereocenters. The molecular weight excluding hydrogens is 382 g/mol. The number of rotatable bonds is 7. The Morgan fingerprint density at radius 2 is 1.89 bits per heavy atom. The van der Waals surface area contributed by atoms with E-state index in [0.29, 0.717) is 22.5 Å². The fourth-order valence-corrected chi connectivity index (χ4v) is 4.13. The van der Waals surface area contributed by atoms with Crippen LogP contribution in [-0.2, 0) is 11.2 Å². The van der Waals surface area contributed by atoms with Gasteiger partial charge in [-0.05, 0) is 24.1 Å². The van der Waals surface area contributed by atoms with E-state index in [1.54, 1.807) is 14.2 Å². The number of nitrogens with zero attached hydrogens (tertiary/aromatic N) is 2. The molecule has 3 aromatic rings. The van der Waals surface area contributed by atoms with Gasteiger partial charge in [-0.1, -0.05) is 13.8 Å². The molecule has 0 fully saturated rings. The van der Waals surface area contributed by atoms with Gasteiger partial charge in [-0.3, -0.25) is 4.79 Å². The molecule has 0 saturated heterocycles. The van der Waals surface area contributed by atoms with Crippen LogP contribution in [0.3, 0.4) is 0 Å². The zero-order valence-corrected chi connectivity index (χ0v) is 17.2. The average Bonchev–Trinajstić information content (AvgIpc) is 3.30. The van der Waals surface area contributed by atoms with E-state index in [1.165, 1.54) is 22.7 Å². The van der Waals surface area contributed by atoms with Gasteiger partial charge in [-0.15, -0.1) is 22.7 Å². The van der Waals surface area contributed by atoms with E-state index < -0.39 is 0 Å². The molecule has 0 aliphatic carbocycles. The Morgan fingerprint density at radius 1 is 1.11 bits per heavy atom. The van der Waals surface area contributed by atoms with Gasteiger partial charge in [0.05, 0.1) is 32.0 Å². The Morgan fingerprint density at radius 3 is 2.56 bits per heavy atom. The number of thiazole rings is 2. The fourth-order valence-electron chi connectivity index (χ4n) is 2.43. The lowest BCUT2D eigenvalue weighted by molar-refractivity contribution is -0.115. The van der Waals surface area contributed by atoms with Gasteiger partial charge < -0.3 is 14.8 Å². The summed E-state index contributed by atoms with van der Waals surface area (Å²) in [4.78, 5) is 21.3. The van der Waals surface area contributed by atoms with Gasteiger partial charge in [0.15, 0.2) is 16.6 Å². The standard InChI is InChI=1S/C19H21N3O3S2/c1-11(2)14-10-27-19(21-14)22-17(23)8-13-9-26-18(20-13)12-5-6-15(24-3)16(7-12)25-4/h5-7,9-11H,8H2,1-4H3,(H,21,22,23). The summed E-state index contributed by atoms with van der Waals surface area (Å²) in [6.45, 7) is 4.15. The number of nitrogens with one attached hydrogen (secondary N) is 1. The van der Waals surface area contributed by atoms with Crippen LogP contribution in [-0.4, -0.2) is 30.1 Å². The third-order valence-corrected chi connectivity index (χ3v) is 5.60. The first-order chi connectivity index (χ1) is 13.0. The van der Waals surface area contributed by atoms with Crippen molar-refractivity contribution >= 4 is 33.7 Å².